The molecule has 2 fully saturated rings. The lowest BCUT2D eigenvalue weighted by Gasteiger charge is -2.48. The molecule has 1 saturated carbocycles. The summed E-state index contributed by atoms with van der Waals surface area (Å²) < 4.78 is 5.50. The highest BCUT2D eigenvalue weighted by Gasteiger charge is 2.50. The quantitative estimate of drug-likeness (QED) is 0.389. The maximum absolute atomic E-state index is 14.6. The van der Waals surface area contributed by atoms with E-state index >= 15 is 0 Å². The van der Waals surface area contributed by atoms with Crippen molar-refractivity contribution < 1.29 is 34.4 Å². The summed E-state index contributed by atoms with van der Waals surface area (Å²) in [5, 5.41) is 29.3. The monoisotopic (exact) mass is 562 g/mol. The Balaban J connectivity index is 1.60. The Morgan fingerprint density at radius 2 is 1.78 bits per heavy atom. The van der Waals surface area contributed by atoms with E-state index in [0.717, 1.165) is 52.8 Å². The number of fused-ring (bicyclic) bond motifs is 2. The number of nitrogens with zero attached hydrogens (tertiary/aromatic N) is 2. The number of aliphatic hydroxyl groups excluding tert-OH is 1. The Kier molecular flexibility index (Phi) is 8.35. The van der Waals surface area contributed by atoms with Crippen LogP contribution in [0.2, 0.25) is 0 Å². The van der Waals surface area contributed by atoms with Crippen molar-refractivity contribution in [1.82, 2.24) is 9.80 Å². The minimum Gasteiger partial charge on any atom is -0.496 e. The SMILES string of the molecule is COc1cccc(CN(C(=O)C2=C(c3ccc(CCCO)cc3)C[C@H]3C[C@@H](C(=O)O)C[C@@H]2N3C(=O)O)C2CC2)c1C. The number of carboxylic acid groups (broad SMARTS) is 2. The molecule has 218 valence electrons. The highest BCUT2D eigenvalue weighted by atomic mass is 16.5. The number of carbonyl (C=O) groups is 3. The fourth-order valence-electron chi connectivity index (χ4n) is 6.50. The second-order valence-electron chi connectivity index (χ2n) is 11.4. The molecule has 2 amide bonds. The second-order valence-corrected chi connectivity index (χ2v) is 11.4. The molecule has 0 radical (unpaired) electrons. The number of amides is 2. The normalized spacial score (nSPS) is 21.9. The average Bonchev–Trinajstić information content (AvgIpc) is 3.80. The van der Waals surface area contributed by atoms with Gasteiger partial charge in [0.05, 0.1) is 19.1 Å². The van der Waals surface area contributed by atoms with Crippen molar-refractivity contribution >= 4 is 23.5 Å². The first-order chi connectivity index (χ1) is 19.7. The van der Waals surface area contributed by atoms with Crippen molar-refractivity contribution in [2.24, 2.45) is 5.92 Å². The highest BCUT2D eigenvalue weighted by Crippen LogP contribution is 2.45. The van der Waals surface area contributed by atoms with Gasteiger partial charge >= 0.3 is 12.1 Å². The Morgan fingerprint density at radius 3 is 2.39 bits per heavy atom. The number of aryl methyl sites for hydroxylation is 1. The molecule has 0 unspecified atom stereocenters. The van der Waals surface area contributed by atoms with Crippen LogP contribution in [0.25, 0.3) is 5.57 Å². The molecule has 2 aromatic rings. The van der Waals surface area contributed by atoms with Crippen LogP contribution >= 0.6 is 0 Å². The van der Waals surface area contributed by atoms with E-state index in [9.17, 15) is 29.7 Å². The van der Waals surface area contributed by atoms with Crippen LogP contribution < -0.4 is 4.74 Å². The van der Waals surface area contributed by atoms with Gasteiger partial charge in [0.2, 0.25) is 0 Å². The number of carboxylic acids is 1. The molecule has 2 bridgehead atoms. The molecule has 3 aliphatic rings. The van der Waals surface area contributed by atoms with Crippen molar-refractivity contribution in [3.8, 4) is 5.75 Å². The van der Waals surface area contributed by atoms with E-state index in [1.165, 1.54) is 4.90 Å². The van der Waals surface area contributed by atoms with Crippen LogP contribution in [0.15, 0.2) is 48.0 Å². The van der Waals surface area contributed by atoms with Crippen molar-refractivity contribution in [2.75, 3.05) is 13.7 Å². The summed E-state index contributed by atoms with van der Waals surface area (Å²) >= 11 is 0. The number of rotatable bonds is 10. The number of hydrogen-bond acceptors (Lipinski definition) is 5. The Hall–Kier alpha value is -3.85. The lowest BCUT2D eigenvalue weighted by atomic mass is 9.73. The number of piperidine rings is 1. The van der Waals surface area contributed by atoms with Crippen LogP contribution in [-0.4, -0.2) is 74.9 Å². The zero-order valence-corrected chi connectivity index (χ0v) is 23.6. The summed E-state index contributed by atoms with van der Waals surface area (Å²) in [6, 6.07) is 12.3. The summed E-state index contributed by atoms with van der Waals surface area (Å²) in [6.07, 6.45) is 2.54. The van der Waals surface area contributed by atoms with Gasteiger partial charge in [-0.1, -0.05) is 36.4 Å². The topological polar surface area (TPSA) is 128 Å². The predicted octanol–water partition coefficient (Wildman–Crippen LogP) is 4.49. The van der Waals surface area contributed by atoms with E-state index in [-0.39, 0.29) is 37.8 Å². The van der Waals surface area contributed by atoms with Gasteiger partial charge in [0.1, 0.15) is 5.75 Å². The number of methoxy groups -OCH3 is 1. The zero-order valence-electron chi connectivity index (χ0n) is 23.6. The third kappa shape index (κ3) is 5.81. The number of hydrogen-bond donors (Lipinski definition) is 3. The van der Waals surface area contributed by atoms with Gasteiger partial charge in [0, 0.05) is 30.8 Å². The number of aliphatic hydroxyl groups is 1. The number of benzene rings is 2. The molecule has 3 atom stereocenters. The first kappa shape index (κ1) is 28.7. The average molecular weight is 563 g/mol. The summed E-state index contributed by atoms with van der Waals surface area (Å²) in [6.45, 7) is 2.42. The van der Waals surface area contributed by atoms with Crippen molar-refractivity contribution in [2.45, 2.75) is 76.5 Å². The molecule has 0 aromatic heterocycles. The van der Waals surface area contributed by atoms with Crippen LogP contribution in [0.5, 0.6) is 5.75 Å². The maximum Gasteiger partial charge on any atom is 0.408 e. The van der Waals surface area contributed by atoms with E-state index in [1.54, 1.807) is 7.11 Å². The van der Waals surface area contributed by atoms with Crippen molar-refractivity contribution in [3.05, 3.63) is 70.3 Å². The van der Waals surface area contributed by atoms with E-state index in [0.29, 0.717) is 18.5 Å². The van der Waals surface area contributed by atoms with Crippen LogP contribution in [0.3, 0.4) is 0 Å². The van der Waals surface area contributed by atoms with Crippen LogP contribution in [-0.2, 0) is 22.6 Å². The molecule has 41 heavy (non-hydrogen) atoms. The van der Waals surface area contributed by atoms with Crippen LogP contribution in [0.4, 0.5) is 4.79 Å². The summed E-state index contributed by atoms with van der Waals surface area (Å²) in [7, 11) is 1.61. The van der Waals surface area contributed by atoms with Gasteiger partial charge in [0.15, 0.2) is 0 Å². The molecule has 2 heterocycles. The molecule has 1 saturated heterocycles. The Bertz CT molecular complexity index is 1350. The molecule has 3 N–H and O–H groups in total. The van der Waals surface area contributed by atoms with Crippen LogP contribution in [0.1, 0.15) is 60.8 Å². The molecule has 9 heteroatoms. The Morgan fingerprint density at radius 1 is 1.05 bits per heavy atom. The highest BCUT2D eigenvalue weighted by molar-refractivity contribution is 6.04. The smallest absolute Gasteiger partial charge is 0.408 e. The summed E-state index contributed by atoms with van der Waals surface area (Å²) in [5.41, 5.74) is 5.01. The lowest BCUT2D eigenvalue weighted by Crippen LogP contribution is -2.58. The van der Waals surface area contributed by atoms with Crippen molar-refractivity contribution in [3.63, 3.8) is 0 Å². The van der Waals surface area contributed by atoms with Gasteiger partial charge < -0.3 is 25.0 Å². The maximum atomic E-state index is 14.6. The standard InChI is InChI=1S/C32H38N2O7/c1-19-22(6-3-7-28(19)41-2)18-33(24-12-13-24)30(36)29-26(21-10-8-20(9-11-21)5-4-14-35)17-25-15-23(31(37)38)16-27(29)34(25)32(39)40/h3,6-11,23-25,27,35H,4-5,12-18H2,1-2H3,(H,37,38)(H,39,40)/t23-,25-,27+/m1/s1. The molecule has 2 aliphatic heterocycles. The molecule has 1 aliphatic carbocycles. The van der Waals surface area contributed by atoms with E-state index in [1.807, 2.05) is 54.3 Å². The summed E-state index contributed by atoms with van der Waals surface area (Å²) in [5.74, 6) is -1.17. The fraction of sp³-hybridized carbons (Fsp3) is 0.469. The lowest BCUT2D eigenvalue weighted by molar-refractivity contribution is -0.145. The predicted molar refractivity (Wildman–Crippen MR) is 152 cm³/mol. The number of ether oxygens (including phenoxy) is 1. The number of carbonyl (C=O) groups excluding carboxylic acids is 1. The van der Waals surface area contributed by atoms with Gasteiger partial charge in [-0.25, -0.2) is 4.79 Å². The minimum atomic E-state index is -1.13. The molecule has 9 nitrogen and oxygen atoms in total. The Labute approximate surface area is 240 Å². The number of aliphatic carboxylic acids is 1. The first-order valence-corrected chi connectivity index (χ1v) is 14.3. The van der Waals surface area contributed by atoms with Gasteiger partial charge in [-0.15, -0.1) is 0 Å². The fourth-order valence-corrected chi connectivity index (χ4v) is 6.50. The van der Waals surface area contributed by atoms with E-state index < -0.39 is 30.1 Å². The first-order valence-electron chi connectivity index (χ1n) is 14.3. The molecule has 0 spiro atoms. The van der Waals surface area contributed by atoms with Gasteiger partial charge in [-0.2, -0.15) is 0 Å². The molecule has 2 aromatic carbocycles. The van der Waals surface area contributed by atoms with Gasteiger partial charge in [-0.3, -0.25) is 14.5 Å². The van der Waals surface area contributed by atoms with Crippen molar-refractivity contribution in [1.29, 1.82) is 0 Å². The minimum absolute atomic E-state index is 0.0394. The van der Waals surface area contributed by atoms with E-state index in [2.05, 4.69) is 0 Å². The van der Waals surface area contributed by atoms with Gasteiger partial charge in [0.25, 0.3) is 5.91 Å². The third-order valence-corrected chi connectivity index (χ3v) is 8.82. The second kappa shape index (κ2) is 11.9. The largest absolute Gasteiger partial charge is 0.496 e. The van der Waals surface area contributed by atoms with Crippen LogP contribution in [0, 0.1) is 12.8 Å². The summed E-state index contributed by atoms with van der Waals surface area (Å²) in [4.78, 5) is 42.4. The zero-order chi connectivity index (χ0) is 29.3. The third-order valence-electron chi connectivity index (χ3n) is 8.82. The molecular formula is C32H38N2O7. The molecular weight excluding hydrogens is 524 g/mol. The van der Waals surface area contributed by atoms with Gasteiger partial charge in [-0.05, 0) is 85.8 Å². The van der Waals surface area contributed by atoms with E-state index in [4.69, 9.17) is 4.74 Å². The molecule has 5 rings (SSSR count).